The van der Waals surface area contributed by atoms with Gasteiger partial charge in [-0.05, 0) is 31.4 Å². The minimum Gasteiger partial charge on any atom is -0.465 e. The highest BCUT2D eigenvalue weighted by molar-refractivity contribution is 6.36. The van der Waals surface area contributed by atoms with Crippen molar-refractivity contribution in [3.8, 4) is 0 Å². The molecule has 0 spiro atoms. The third kappa shape index (κ3) is 2.78. The lowest BCUT2D eigenvalue weighted by molar-refractivity contribution is 0.108. The fourth-order valence-electron chi connectivity index (χ4n) is 2.76. The predicted molar refractivity (Wildman–Crippen MR) is 84.7 cm³/mol. The minimum absolute atomic E-state index is 0.0143. The van der Waals surface area contributed by atoms with Gasteiger partial charge in [0, 0.05) is 24.8 Å². The zero-order valence-electron chi connectivity index (χ0n) is 11.8. The van der Waals surface area contributed by atoms with E-state index in [2.05, 4.69) is 20.3 Å². The van der Waals surface area contributed by atoms with Gasteiger partial charge >= 0.3 is 6.09 Å². The van der Waals surface area contributed by atoms with Crippen molar-refractivity contribution in [2.75, 3.05) is 11.9 Å². The molecule has 2 aromatic rings. The fraction of sp³-hybridized carbons (Fsp3) is 0.462. The number of rotatable bonds is 2. The molecule has 0 unspecified atom stereocenters. The largest absolute Gasteiger partial charge is 0.465 e. The van der Waals surface area contributed by atoms with Gasteiger partial charge in [-0.1, -0.05) is 11.6 Å². The highest BCUT2D eigenvalue weighted by atomic mass is 35.5. The second kappa shape index (κ2) is 5.81. The number of nitrogens with one attached hydrogen (secondary N) is 2. The number of hydrogen-bond donors (Lipinski definition) is 3. The van der Waals surface area contributed by atoms with Crippen molar-refractivity contribution in [1.29, 1.82) is 0 Å². The molecule has 0 aliphatic carbocycles. The summed E-state index contributed by atoms with van der Waals surface area (Å²) in [6.45, 7) is 2.30. The summed E-state index contributed by atoms with van der Waals surface area (Å²) in [7, 11) is 0. The minimum atomic E-state index is -0.912. The van der Waals surface area contributed by atoms with Gasteiger partial charge < -0.3 is 20.3 Å². The summed E-state index contributed by atoms with van der Waals surface area (Å²) in [5.41, 5.74) is 0.548. The first-order valence-electron chi connectivity index (χ1n) is 6.92. The van der Waals surface area contributed by atoms with Crippen molar-refractivity contribution in [1.82, 2.24) is 19.9 Å². The Morgan fingerprint density at radius 3 is 2.95 bits per heavy atom. The summed E-state index contributed by atoms with van der Waals surface area (Å²) in [5.74, 6) is 0.520. The topological polar surface area (TPSA) is 94.1 Å². The monoisotopic (exact) mass is 343 g/mol. The number of hydrogen-bond acceptors (Lipinski definition) is 4. The van der Waals surface area contributed by atoms with E-state index in [-0.39, 0.29) is 17.4 Å². The van der Waals surface area contributed by atoms with Gasteiger partial charge in [-0.15, -0.1) is 0 Å². The molecule has 0 aromatic carbocycles. The van der Waals surface area contributed by atoms with Gasteiger partial charge in [-0.3, -0.25) is 0 Å². The normalized spacial score (nSPS) is 22.0. The number of H-pyrrole nitrogens is 1. The molecule has 1 fully saturated rings. The van der Waals surface area contributed by atoms with E-state index < -0.39 is 6.09 Å². The maximum absolute atomic E-state index is 11.3. The number of carbonyl (C=O) groups is 1. The Bertz CT molecular complexity index is 720. The highest BCUT2D eigenvalue weighted by Gasteiger charge is 2.29. The quantitative estimate of drug-likeness (QED) is 0.728. The second-order valence-corrected chi connectivity index (χ2v) is 6.15. The average Bonchev–Trinajstić information content (AvgIpc) is 2.82. The Hall–Kier alpha value is -1.73. The molecule has 9 heteroatoms. The maximum Gasteiger partial charge on any atom is 0.407 e. The molecule has 1 saturated heterocycles. The molecule has 0 saturated carbocycles. The van der Waals surface area contributed by atoms with Crippen molar-refractivity contribution in [2.24, 2.45) is 0 Å². The highest BCUT2D eigenvalue weighted by Crippen LogP contribution is 2.30. The van der Waals surface area contributed by atoms with Crippen LogP contribution in [0.5, 0.6) is 0 Å². The summed E-state index contributed by atoms with van der Waals surface area (Å²) in [6, 6.07) is -0.0344. The van der Waals surface area contributed by atoms with Crippen LogP contribution in [-0.2, 0) is 0 Å². The lowest BCUT2D eigenvalue weighted by Crippen LogP contribution is -2.49. The van der Waals surface area contributed by atoms with Crippen molar-refractivity contribution in [2.45, 2.75) is 31.8 Å². The summed E-state index contributed by atoms with van der Waals surface area (Å²) in [6.07, 6.45) is 2.34. The number of fused-ring (bicyclic) bond motifs is 1. The predicted octanol–water partition coefficient (Wildman–Crippen LogP) is 3.21. The van der Waals surface area contributed by atoms with Crippen LogP contribution in [0.1, 0.15) is 19.8 Å². The molecule has 3 rings (SSSR count). The molecule has 118 valence electrons. The lowest BCUT2D eigenvalue weighted by atomic mass is 10.00. The van der Waals surface area contributed by atoms with Gasteiger partial charge in [0.15, 0.2) is 0 Å². The Morgan fingerprint density at radius 1 is 1.45 bits per heavy atom. The molecule has 1 amide bonds. The molecular weight excluding hydrogens is 329 g/mol. The van der Waals surface area contributed by atoms with Crippen LogP contribution in [0.4, 0.5) is 10.6 Å². The zero-order valence-corrected chi connectivity index (χ0v) is 13.3. The molecule has 1 aliphatic rings. The van der Waals surface area contributed by atoms with Crippen LogP contribution in [0.25, 0.3) is 11.0 Å². The third-order valence-electron chi connectivity index (χ3n) is 3.92. The molecule has 0 bridgehead atoms. The zero-order chi connectivity index (χ0) is 15.9. The molecule has 1 aliphatic heterocycles. The van der Waals surface area contributed by atoms with Crippen LogP contribution < -0.4 is 5.32 Å². The van der Waals surface area contributed by atoms with Gasteiger partial charge in [-0.25, -0.2) is 4.79 Å². The van der Waals surface area contributed by atoms with Crippen LogP contribution >= 0.6 is 23.2 Å². The maximum atomic E-state index is 11.3. The van der Waals surface area contributed by atoms with Crippen LogP contribution in [0.3, 0.4) is 0 Å². The van der Waals surface area contributed by atoms with E-state index in [0.717, 1.165) is 12.8 Å². The van der Waals surface area contributed by atoms with Gasteiger partial charge in [0.05, 0.1) is 10.4 Å². The number of likely N-dealkylation sites (tertiary alicyclic amines) is 1. The van der Waals surface area contributed by atoms with Gasteiger partial charge in [-0.2, -0.15) is 9.97 Å². The van der Waals surface area contributed by atoms with Crippen LogP contribution in [0.2, 0.25) is 10.3 Å². The SMILES string of the molecule is C[C@H]1CC[C@@H](Nc2nc(Cl)nc3[nH]cc(Cl)c23)CN1C(=O)O. The molecule has 3 heterocycles. The summed E-state index contributed by atoms with van der Waals surface area (Å²) in [5, 5.41) is 13.8. The first-order valence-corrected chi connectivity index (χ1v) is 7.67. The number of anilines is 1. The molecule has 3 N–H and O–H groups in total. The molecule has 7 nitrogen and oxygen atoms in total. The van der Waals surface area contributed by atoms with Gasteiger partial charge in [0.25, 0.3) is 0 Å². The van der Waals surface area contributed by atoms with Crippen LogP contribution in [-0.4, -0.2) is 49.7 Å². The fourth-order valence-corrected chi connectivity index (χ4v) is 3.16. The number of aromatic amines is 1. The second-order valence-electron chi connectivity index (χ2n) is 5.40. The Kier molecular flexibility index (Phi) is 4.01. The van der Waals surface area contributed by atoms with Crippen molar-refractivity contribution in [3.63, 3.8) is 0 Å². The Balaban J connectivity index is 1.87. The number of piperidine rings is 1. The summed E-state index contributed by atoms with van der Waals surface area (Å²) in [4.78, 5) is 23.9. The molecule has 22 heavy (non-hydrogen) atoms. The van der Waals surface area contributed by atoms with Crippen molar-refractivity contribution < 1.29 is 9.90 Å². The van der Waals surface area contributed by atoms with E-state index in [9.17, 15) is 9.90 Å². The Labute approximate surface area is 136 Å². The number of carboxylic acid groups (broad SMARTS) is 1. The van der Waals surface area contributed by atoms with E-state index in [1.807, 2.05) is 6.92 Å². The molecular formula is C13H15Cl2N5O2. The van der Waals surface area contributed by atoms with Gasteiger partial charge in [0.1, 0.15) is 11.5 Å². The number of amides is 1. The van der Waals surface area contributed by atoms with Crippen LogP contribution in [0.15, 0.2) is 6.20 Å². The smallest absolute Gasteiger partial charge is 0.407 e. The first kappa shape index (κ1) is 15.2. The van der Waals surface area contributed by atoms with Crippen LogP contribution in [0, 0.1) is 0 Å². The van der Waals surface area contributed by atoms with E-state index in [0.29, 0.717) is 28.4 Å². The van der Waals surface area contributed by atoms with E-state index >= 15 is 0 Å². The third-order valence-corrected chi connectivity index (χ3v) is 4.39. The molecule has 2 aromatic heterocycles. The van der Waals surface area contributed by atoms with Crippen molar-refractivity contribution in [3.05, 3.63) is 16.5 Å². The summed E-state index contributed by atoms with van der Waals surface area (Å²) < 4.78 is 0. The number of halogens is 2. The van der Waals surface area contributed by atoms with Gasteiger partial charge in [0.2, 0.25) is 5.28 Å². The van der Waals surface area contributed by atoms with Crippen molar-refractivity contribution >= 4 is 46.1 Å². The number of nitrogens with zero attached hydrogens (tertiary/aromatic N) is 3. The number of aromatic nitrogens is 3. The van der Waals surface area contributed by atoms with E-state index in [1.165, 1.54) is 4.90 Å². The van der Waals surface area contributed by atoms with E-state index in [4.69, 9.17) is 23.2 Å². The first-order chi connectivity index (χ1) is 10.5. The summed E-state index contributed by atoms with van der Waals surface area (Å²) >= 11 is 12.1. The average molecular weight is 344 g/mol. The standard InChI is InChI=1S/C13H15Cl2N5O2/c1-6-2-3-7(5-20(6)13(21)22)17-11-9-8(14)4-16-10(9)18-12(15)19-11/h4,6-7H,2-3,5H2,1H3,(H,21,22)(H2,16,17,18,19)/t6-,7+/m0/s1. The lowest BCUT2D eigenvalue weighted by Gasteiger charge is -2.36. The molecule has 2 atom stereocenters. The molecule has 0 radical (unpaired) electrons. The Morgan fingerprint density at radius 2 is 2.23 bits per heavy atom. The van der Waals surface area contributed by atoms with E-state index in [1.54, 1.807) is 6.20 Å².